The number of aromatic hydroxyl groups is 1. The molecule has 0 spiro atoms. The lowest BCUT2D eigenvalue weighted by Crippen LogP contribution is -1.92. The molecule has 2 aromatic rings. The monoisotopic (exact) mass is 194 g/mol. The van der Waals surface area contributed by atoms with E-state index in [1.54, 1.807) is 7.05 Å². The van der Waals surface area contributed by atoms with Gasteiger partial charge in [-0.2, -0.15) is 4.80 Å². The van der Waals surface area contributed by atoms with Gasteiger partial charge in [0.2, 0.25) is 5.82 Å². The molecule has 1 N–H and O–H groups in total. The number of aryl methyl sites for hydroxylation is 1. The minimum atomic E-state index is -0.571. The smallest absolute Gasteiger partial charge is 0.207 e. The molecule has 2 rings (SSSR count). The van der Waals surface area contributed by atoms with Gasteiger partial charge in [-0.25, -0.2) is 4.39 Å². The van der Waals surface area contributed by atoms with Crippen LogP contribution in [0.3, 0.4) is 0 Å². The van der Waals surface area contributed by atoms with Crippen molar-refractivity contribution in [2.75, 3.05) is 0 Å². The maximum absolute atomic E-state index is 13.3. The lowest BCUT2D eigenvalue weighted by atomic mass is 10.2. The van der Waals surface area contributed by atoms with Crippen molar-refractivity contribution in [2.24, 2.45) is 7.05 Å². The van der Waals surface area contributed by atoms with Gasteiger partial charge in [0.1, 0.15) is 11.6 Å². The molecule has 1 heterocycles. The van der Waals surface area contributed by atoms with E-state index >= 15 is 0 Å². The van der Waals surface area contributed by atoms with Gasteiger partial charge in [0.15, 0.2) is 0 Å². The molecular weight excluding hydrogens is 187 g/mol. The third-order valence-electron chi connectivity index (χ3n) is 1.70. The Morgan fingerprint density at radius 2 is 2.21 bits per heavy atom. The van der Waals surface area contributed by atoms with E-state index in [2.05, 4.69) is 15.4 Å². The van der Waals surface area contributed by atoms with Crippen molar-refractivity contribution in [2.45, 2.75) is 0 Å². The Morgan fingerprint density at radius 3 is 2.79 bits per heavy atom. The van der Waals surface area contributed by atoms with E-state index in [0.717, 1.165) is 6.07 Å². The number of rotatable bonds is 1. The highest BCUT2D eigenvalue weighted by molar-refractivity contribution is 5.56. The van der Waals surface area contributed by atoms with Crippen molar-refractivity contribution in [1.82, 2.24) is 20.2 Å². The molecule has 0 aliphatic carbocycles. The molecule has 1 aromatic carbocycles. The van der Waals surface area contributed by atoms with Crippen molar-refractivity contribution in [3.8, 4) is 17.1 Å². The first-order valence-electron chi connectivity index (χ1n) is 3.90. The van der Waals surface area contributed by atoms with Gasteiger partial charge in [-0.1, -0.05) is 0 Å². The Morgan fingerprint density at radius 1 is 1.43 bits per heavy atom. The number of hydrogen-bond acceptors (Lipinski definition) is 4. The molecule has 0 saturated carbocycles. The van der Waals surface area contributed by atoms with Gasteiger partial charge in [0.25, 0.3) is 0 Å². The van der Waals surface area contributed by atoms with E-state index in [1.807, 2.05) is 0 Å². The van der Waals surface area contributed by atoms with Crippen LogP contribution in [0.15, 0.2) is 18.2 Å². The average molecular weight is 194 g/mol. The Kier molecular flexibility index (Phi) is 1.88. The summed E-state index contributed by atoms with van der Waals surface area (Å²) in [6, 6.07) is 3.78. The molecule has 0 amide bonds. The summed E-state index contributed by atoms with van der Waals surface area (Å²) in [5, 5.41) is 20.1. The second-order valence-electron chi connectivity index (χ2n) is 2.77. The zero-order valence-corrected chi connectivity index (χ0v) is 7.35. The molecule has 0 unspecified atom stereocenters. The molecule has 5 nitrogen and oxygen atoms in total. The van der Waals surface area contributed by atoms with Crippen LogP contribution in [0.4, 0.5) is 4.39 Å². The van der Waals surface area contributed by atoms with Gasteiger partial charge < -0.3 is 5.11 Å². The van der Waals surface area contributed by atoms with E-state index in [4.69, 9.17) is 5.11 Å². The number of phenols is 1. The highest BCUT2D eigenvalue weighted by Gasteiger charge is 2.10. The number of halogens is 1. The van der Waals surface area contributed by atoms with E-state index in [9.17, 15) is 4.39 Å². The Hall–Kier alpha value is -1.98. The van der Waals surface area contributed by atoms with Crippen molar-refractivity contribution >= 4 is 0 Å². The predicted molar refractivity (Wildman–Crippen MR) is 45.9 cm³/mol. The van der Waals surface area contributed by atoms with Crippen LogP contribution in [0.2, 0.25) is 0 Å². The lowest BCUT2D eigenvalue weighted by Gasteiger charge is -1.97. The number of hydrogen-bond donors (Lipinski definition) is 1. The Labute approximate surface area is 78.8 Å². The zero-order chi connectivity index (χ0) is 10.1. The first kappa shape index (κ1) is 8.61. The fourth-order valence-electron chi connectivity index (χ4n) is 1.08. The van der Waals surface area contributed by atoms with Crippen molar-refractivity contribution in [1.29, 1.82) is 0 Å². The Balaban J connectivity index is 2.52. The highest BCUT2D eigenvalue weighted by atomic mass is 19.1. The zero-order valence-electron chi connectivity index (χ0n) is 7.35. The Bertz CT molecular complexity index is 468. The quantitative estimate of drug-likeness (QED) is 0.726. The predicted octanol–water partition coefficient (Wildman–Crippen LogP) is 0.722. The van der Waals surface area contributed by atoms with E-state index in [-0.39, 0.29) is 17.1 Å². The molecular formula is C8H7FN4O. The van der Waals surface area contributed by atoms with Crippen LogP contribution in [-0.2, 0) is 7.05 Å². The number of aromatic nitrogens is 4. The first-order chi connectivity index (χ1) is 6.66. The van der Waals surface area contributed by atoms with Crippen molar-refractivity contribution < 1.29 is 9.50 Å². The normalized spacial score (nSPS) is 10.4. The molecule has 1 aromatic heterocycles. The van der Waals surface area contributed by atoms with Crippen LogP contribution >= 0.6 is 0 Å². The maximum Gasteiger partial charge on any atom is 0.207 e. The fraction of sp³-hybridized carbons (Fsp3) is 0.125. The first-order valence-corrected chi connectivity index (χ1v) is 3.90. The summed E-state index contributed by atoms with van der Waals surface area (Å²) in [4.78, 5) is 1.24. The second kappa shape index (κ2) is 3.06. The largest absolute Gasteiger partial charge is 0.508 e. The van der Waals surface area contributed by atoms with Crippen LogP contribution < -0.4 is 0 Å². The lowest BCUT2D eigenvalue weighted by molar-refractivity contribution is 0.469. The van der Waals surface area contributed by atoms with Crippen LogP contribution in [0, 0.1) is 5.82 Å². The standard InChI is InChI=1S/C8H7FN4O/c1-13-11-8(10-12-13)6-3-2-5(14)4-7(6)9/h2-4,14H,1H3. The fourth-order valence-corrected chi connectivity index (χ4v) is 1.08. The maximum atomic E-state index is 13.3. The molecule has 72 valence electrons. The van der Waals surface area contributed by atoms with Gasteiger partial charge >= 0.3 is 0 Å². The van der Waals surface area contributed by atoms with E-state index in [0.29, 0.717) is 0 Å². The van der Waals surface area contributed by atoms with Crippen LogP contribution in [-0.4, -0.2) is 25.3 Å². The molecule has 0 radical (unpaired) electrons. The van der Waals surface area contributed by atoms with Crippen LogP contribution in [0.1, 0.15) is 0 Å². The minimum Gasteiger partial charge on any atom is -0.508 e. The van der Waals surface area contributed by atoms with Crippen molar-refractivity contribution in [3.63, 3.8) is 0 Å². The van der Waals surface area contributed by atoms with Crippen LogP contribution in [0.25, 0.3) is 11.4 Å². The number of tetrazole rings is 1. The summed E-state index contributed by atoms with van der Waals surface area (Å²) in [7, 11) is 1.59. The second-order valence-corrected chi connectivity index (χ2v) is 2.77. The van der Waals surface area contributed by atoms with Gasteiger partial charge in [-0.05, 0) is 17.3 Å². The summed E-state index contributed by atoms with van der Waals surface area (Å²) >= 11 is 0. The molecule has 0 atom stereocenters. The van der Waals surface area contributed by atoms with E-state index in [1.165, 1.54) is 16.9 Å². The van der Waals surface area contributed by atoms with Crippen LogP contribution in [0.5, 0.6) is 5.75 Å². The molecule has 0 bridgehead atoms. The summed E-state index contributed by atoms with van der Waals surface area (Å²) in [5.41, 5.74) is 0.218. The summed E-state index contributed by atoms with van der Waals surface area (Å²) in [6.45, 7) is 0. The molecule has 0 aliphatic heterocycles. The SMILES string of the molecule is Cn1nnc(-c2ccc(O)cc2F)n1. The van der Waals surface area contributed by atoms with Crippen molar-refractivity contribution in [3.05, 3.63) is 24.0 Å². The number of phenolic OH excluding ortho intramolecular Hbond substituents is 1. The molecule has 14 heavy (non-hydrogen) atoms. The number of nitrogens with zero attached hydrogens (tertiary/aromatic N) is 4. The third-order valence-corrected chi connectivity index (χ3v) is 1.70. The van der Waals surface area contributed by atoms with Gasteiger partial charge in [-0.3, -0.25) is 0 Å². The minimum absolute atomic E-state index is 0.129. The van der Waals surface area contributed by atoms with Gasteiger partial charge in [0.05, 0.1) is 12.6 Å². The summed E-state index contributed by atoms with van der Waals surface area (Å²) in [6.07, 6.45) is 0. The topological polar surface area (TPSA) is 63.8 Å². The third kappa shape index (κ3) is 1.41. The van der Waals surface area contributed by atoms with E-state index < -0.39 is 5.82 Å². The van der Waals surface area contributed by atoms with Gasteiger partial charge in [0, 0.05) is 6.07 Å². The molecule has 0 fully saturated rings. The summed E-state index contributed by atoms with van der Waals surface area (Å²) in [5.74, 6) is -0.502. The highest BCUT2D eigenvalue weighted by Crippen LogP contribution is 2.21. The van der Waals surface area contributed by atoms with Gasteiger partial charge in [-0.15, -0.1) is 10.2 Å². The molecule has 0 saturated heterocycles. The summed E-state index contributed by atoms with van der Waals surface area (Å²) < 4.78 is 13.3. The number of benzene rings is 1. The molecule has 0 aliphatic rings. The average Bonchev–Trinajstić information content (AvgIpc) is 2.51. The molecule has 6 heteroatoms.